The van der Waals surface area contributed by atoms with Gasteiger partial charge in [-0.25, -0.2) is 15.0 Å². The second kappa shape index (κ2) is 9.33. The lowest BCUT2D eigenvalue weighted by atomic mass is 10.1. The minimum Gasteiger partial charge on any atom is -0.384 e. The molecule has 4 heterocycles. The van der Waals surface area contributed by atoms with Crippen molar-refractivity contribution in [1.82, 2.24) is 15.0 Å². The second-order valence-electron chi connectivity index (χ2n) is 8.58. The van der Waals surface area contributed by atoms with Crippen LogP contribution < -0.4 is 15.5 Å². The van der Waals surface area contributed by atoms with E-state index in [0.717, 1.165) is 54.4 Å². The number of nitrogens with zero attached hydrogens (tertiary/aromatic N) is 4. The highest BCUT2D eigenvalue weighted by molar-refractivity contribution is 5.73. The van der Waals surface area contributed by atoms with Crippen molar-refractivity contribution in [3.8, 4) is 11.3 Å². The SMILES string of the molecule is CNc1nc(CCOC)ccc1-c1ccnc(Nc2ccc(N3C[C@@H]4C[C@H]3CO4)c(C)c2)n1. The lowest BCUT2D eigenvalue weighted by molar-refractivity contribution is 0.0991. The standard InChI is InChI=1S/C25H30N6O2/c1-16-12-18(5-7-23(16)31-14-20-13-19(31)15-33-20)29-25-27-10-8-22(30-25)21-6-4-17(9-11-32-3)28-24(21)26-2/h4-8,10,12,19-20H,9,11,13-15H2,1-3H3,(H,26,28)(H,27,29,30)/t19-,20-/m0/s1. The number of ether oxygens (including phenoxy) is 2. The molecule has 172 valence electrons. The van der Waals surface area contributed by atoms with E-state index in [0.29, 0.717) is 24.7 Å². The molecule has 2 fully saturated rings. The van der Waals surface area contributed by atoms with Crippen LogP contribution in [0.25, 0.3) is 11.3 Å². The van der Waals surface area contributed by atoms with Gasteiger partial charge in [-0.15, -0.1) is 0 Å². The molecule has 0 radical (unpaired) electrons. The van der Waals surface area contributed by atoms with Crippen molar-refractivity contribution in [2.24, 2.45) is 0 Å². The molecule has 2 atom stereocenters. The molecule has 0 unspecified atom stereocenters. The number of nitrogens with one attached hydrogen (secondary N) is 2. The predicted molar refractivity (Wildman–Crippen MR) is 130 cm³/mol. The molecule has 2 aromatic heterocycles. The molecule has 0 amide bonds. The van der Waals surface area contributed by atoms with Crippen molar-refractivity contribution in [3.63, 3.8) is 0 Å². The number of aryl methyl sites for hydroxylation is 1. The van der Waals surface area contributed by atoms with E-state index < -0.39 is 0 Å². The van der Waals surface area contributed by atoms with Crippen LogP contribution in [-0.4, -0.2) is 61.0 Å². The monoisotopic (exact) mass is 446 g/mol. The Hall–Kier alpha value is -3.23. The summed E-state index contributed by atoms with van der Waals surface area (Å²) in [5.74, 6) is 1.34. The minimum atomic E-state index is 0.384. The van der Waals surface area contributed by atoms with Gasteiger partial charge in [-0.1, -0.05) is 0 Å². The van der Waals surface area contributed by atoms with Gasteiger partial charge in [0.05, 0.1) is 31.1 Å². The molecular weight excluding hydrogens is 416 g/mol. The van der Waals surface area contributed by atoms with Gasteiger partial charge in [0.2, 0.25) is 5.95 Å². The molecule has 0 aliphatic carbocycles. The van der Waals surface area contributed by atoms with Gasteiger partial charge in [-0.05, 0) is 55.3 Å². The van der Waals surface area contributed by atoms with Crippen molar-refractivity contribution < 1.29 is 9.47 Å². The summed E-state index contributed by atoms with van der Waals surface area (Å²) in [5, 5.41) is 6.55. The first-order chi connectivity index (χ1) is 16.1. The average Bonchev–Trinajstić information content (AvgIpc) is 3.47. The Morgan fingerprint density at radius 1 is 1.18 bits per heavy atom. The molecule has 1 aromatic carbocycles. The molecule has 0 spiro atoms. The summed E-state index contributed by atoms with van der Waals surface area (Å²) in [6.07, 6.45) is 4.06. The maximum Gasteiger partial charge on any atom is 0.227 e. The first-order valence-corrected chi connectivity index (χ1v) is 11.4. The van der Waals surface area contributed by atoms with E-state index in [1.54, 1.807) is 13.3 Å². The van der Waals surface area contributed by atoms with Crippen LogP contribution in [0.4, 0.5) is 23.1 Å². The summed E-state index contributed by atoms with van der Waals surface area (Å²) in [7, 11) is 3.57. The van der Waals surface area contributed by atoms with Crippen LogP contribution in [0.3, 0.4) is 0 Å². The molecule has 33 heavy (non-hydrogen) atoms. The Balaban J connectivity index is 1.34. The molecule has 8 nitrogen and oxygen atoms in total. The highest BCUT2D eigenvalue weighted by Gasteiger charge is 2.39. The van der Waals surface area contributed by atoms with E-state index in [1.165, 1.54) is 11.3 Å². The first-order valence-electron chi connectivity index (χ1n) is 11.4. The van der Waals surface area contributed by atoms with Gasteiger partial charge in [0.1, 0.15) is 5.82 Å². The van der Waals surface area contributed by atoms with Gasteiger partial charge in [-0.2, -0.15) is 0 Å². The van der Waals surface area contributed by atoms with Crippen molar-refractivity contribution >= 4 is 23.1 Å². The maximum atomic E-state index is 5.75. The number of methoxy groups -OCH3 is 1. The number of aromatic nitrogens is 3. The van der Waals surface area contributed by atoms with Gasteiger partial charge in [0, 0.05) is 56.0 Å². The van der Waals surface area contributed by atoms with Gasteiger partial charge in [-0.3, -0.25) is 0 Å². The van der Waals surface area contributed by atoms with Crippen LogP contribution >= 0.6 is 0 Å². The average molecular weight is 447 g/mol. The maximum absolute atomic E-state index is 5.75. The number of rotatable bonds is 8. The van der Waals surface area contributed by atoms with Crippen LogP contribution in [-0.2, 0) is 15.9 Å². The van der Waals surface area contributed by atoms with E-state index >= 15 is 0 Å². The van der Waals surface area contributed by atoms with Crippen molar-refractivity contribution in [3.05, 3.63) is 53.9 Å². The number of hydrogen-bond donors (Lipinski definition) is 2. The zero-order valence-electron chi connectivity index (χ0n) is 19.3. The Morgan fingerprint density at radius 2 is 2.09 bits per heavy atom. The third-order valence-electron chi connectivity index (χ3n) is 6.35. The number of morpholine rings is 1. The third-order valence-corrected chi connectivity index (χ3v) is 6.35. The molecule has 3 aromatic rings. The number of fused-ring (bicyclic) bond motifs is 2. The van der Waals surface area contributed by atoms with E-state index in [4.69, 9.17) is 19.4 Å². The summed E-state index contributed by atoms with van der Waals surface area (Å²) in [4.78, 5) is 16.4. The van der Waals surface area contributed by atoms with Gasteiger partial charge >= 0.3 is 0 Å². The zero-order valence-corrected chi connectivity index (χ0v) is 19.3. The molecule has 2 bridgehead atoms. The second-order valence-corrected chi connectivity index (χ2v) is 8.58. The van der Waals surface area contributed by atoms with Crippen LogP contribution in [0.5, 0.6) is 0 Å². The molecule has 8 heteroatoms. The number of hydrogen-bond acceptors (Lipinski definition) is 8. The van der Waals surface area contributed by atoms with Crippen LogP contribution in [0.2, 0.25) is 0 Å². The Kier molecular flexibility index (Phi) is 6.11. The highest BCUT2D eigenvalue weighted by atomic mass is 16.5. The zero-order chi connectivity index (χ0) is 22.8. The van der Waals surface area contributed by atoms with Gasteiger partial charge in [0.15, 0.2) is 0 Å². The molecule has 2 aliphatic heterocycles. The molecular formula is C25H30N6O2. The van der Waals surface area contributed by atoms with Crippen LogP contribution in [0, 0.1) is 6.92 Å². The van der Waals surface area contributed by atoms with E-state index in [1.807, 2.05) is 25.2 Å². The van der Waals surface area contributed by atoms with E-state index in [9.17, 15) is 0 Å². The number of pyridine rings is 1. The van der Waals surface area contributed by atoms with Crippen molar-refractivity contribution in [2.75, 3.05) is 49.4 Å². The smallest absolute Gasteiger partial charge is 0.227 e. The lowest BCUT2D eigenvalue weighted by Crippen LogP contribution is -2.37. The number of anilines is 4. The summed E-state index contributed by atoms with van der Waals surface area (Å²) < 4.78 is 10.9. The van der Waals surface area contributed by atoms with Crippen molar-refractivity contribution in [1.29, 1.82) is 0 Å². The van der Waals surface area contributed by atoms with Crippen LogP contribution in [0.15, 0.2) is 42.6 Å². The molecule has 2 aliphatic rings. The fourth-order valence-corrected chi connectivity index (χ4v) is 4.69. The largest absolute Gasteiger partial charge is 0.384 e. The first kappa shape index (κ1) is 21.6. The van der Waals surface area contributed by atoms with E-state index in [-0.39, 0.29) is 0 Å². The molecule has 2 saturated heterocycles. The summed E-state index contributed by atoms with van der Waals surface area (Å²) in [6.45, 7) is 4.61. The summed E-state index contributed by atoms with van der Waals surface area (Å²) in [5.41, 5.74) is 6.20. The molecule has 0 saturated carbocycles. The molecule has 2 N–H and O–H groups in total. The third kappa shape index (κ3) is 4.49. The Morgan fingerprint density at radius 3 is 2.82 bits per heavy atom. The van der Waals surface area contributed by atoms with Crippen molar-refractivity contribution in [2.45, 2.75) is 31.9 Å². The lowest BCUT2D eigenvalue weighted by Gasteiger charge is -2.30. The van der Waals surface area contributed by atoms with Crippen LogP contribution in [0.1, 0.15) is 17.7 Å². The summed E-state index contributed by atoms with van der Waals surface area (Å²) in [6, 6.07) is 12.9. The fourth-order valence-electron chi connectivity index (χ4n) is 4.69. The topological polar surface area (TPSA) is 84.4 Å². The predicted octanol–water partition coefficient (Wildman–Crippen LogP) is 3.80. The Bertz CT molecular complexity index is 1140. The quantitative estimate of drug-likeness (QED) is 0.541. The van der Waals surface area contributed by atoms with E-state index in [2.05, 4.69) is 45.6 Å². The van der Waals surface area contributed by atoms with Gasteiger partial charge in [0.25, 0.3) is 0 Å². The number of benzene rings is 1. The molecule has 5 rings (SSSR count). The highest BCUT2D eigenvalue weighted by Crippen LogP contribution is 2.35. The Labute approximate surface area is 194 Å². The normalized spacial score (nSPS) is 19.2. The van der Waals surface area contributed by atoms with Gasteiger partial charge < -0.3 is 25.0 Å². The minimum absolute atomic E-state index is 0.384. The fraction of sp³-hybridized carbons (Fsp3) is 0.400. The summed E-state index contributed by atoms with van der Waals surface area (Å²) >= 11 is 0.